The molecule has 43 heavy (non-hydrogen) atoms. The zero-order chi connectivity index (χ0) is 29.3. The minimum absolute atomic E-state index is 0.240. The lowest BCUT2D eigenvalue weighted by molar-refractivity contribution is -0.132. The molecule has 1 saturated carbocycles. The Morgan fingerprint density at radius 1 is 0.930 bits per heavy atom. The van der Waals surface area contributed by atoms with Crippen molar-refractivity contribution in [3.63, 3.8) is 0 Å². The van der Waals surface area contributed by atoms with E-state index in [2.05, 4.69) is 83.8 Å². The molecule has 6 nitrogen and oxygen atoms in total. The molecule has 7 rings (SSSR count). The summed E-state index contributed by atoms with van der Waals surface area (Å²) in [5, 5.41) is 8.46. The lowest BCUT2D eigenvalue weighted by Crippen LogP contribution is -2.38. The average molecular weight is 574 g/mol. The lowest BCUT2D eigenvalue weighted by atomic mass is 9.85. The molecule has 222 valence electrons. The Bertz CT molecular complexity index is 1610. The molecule has 1 atom stereocenters. The second-order valence-corrected chi connectivity index (χ2v) is 12.7. The number of carbonyl (C=O) groups excluding carboxylic acids is 1. The van der Waals surface area contributed by atoms with Crippen LogP contribution in [0, 0.1) is 5.92 Å². The van der Waals surface area contributed by atoms with Crippen molar-refractivity contribution in [2.24, 2.45) is 5.92 Å². The Morgan fingerprint density at radius 2 is 1.77 bits per heavy atom. The molecule has 3 heterocycles. The number of aromatic nitrogens is 3. The molecular weight excluding hydrogens is 530 g/mol. The molecule has 1 amide bonds. The van der Waals surface area contributed by atoms with Crippen molar-refractivity contribution in [2.45, 2.75) is 83.6 Å². The number of rotatable bonds is 9. The Balaban J connectivity index is 1.09. The van der Waals surface area contributed by atoms with Gasteiger partial charge < -0.3 is 10.2 Å². The van der Waals surface area contributed by atoms with Gasteiger partial charge in [0.05, 0.1) is 11.7 Å². The second-order valence-electron chi connectivity index (χ2n) is 12.7. The van der Waals surface area contributed by atoms with Gasteiger partial charge in [-0.2, -0.15) is 5.10 Å². The maximum atomic E-state index is 12.6. The molecule has 2 aliphatic carbocycles. The molecule has 6 heteroatoms. The number of carbonyl (C=O) groups is 1. The highest BCUT2D eigenvalue weighted by molar-refractivity contribution is 5.77. The third kappa shape index (κ3) is 5.72. The van der Waals surface area contributed by atoms with Crippen LogP contribution in [-0.2, 0) is 24.1 Å². The number of anilines is 1. The van der Waals surface area contributed by atoms with Gasteiger partial charge in [-0.3, -0.25) is 4.79 Å². The number of pyridine rings is 1. The molecule has 1 N–H and O–H groups in total. The van der Waals surface area contributed by atoms with Gasteiger partial charge >= 0.3 is 0 Å². The van der Waals surface area contributed by atoms with Crippen molar-refractivity contribution in [3.05, 3.63) is 94.8 Å². The van der Waals surface area contributed by atoms with E-state index in [1.165, 1.54) is 46.3 Å². The first kappa shape index (κ1) is 27.9. The molecule has 2 aromatic heterocycles. The maximum Gasteiger partial charge on any atom is 0.222 e. The minimum atomic E-state index is 0.240. The number of likely N-dealkylation sites (tertiary alicyclic amines) is 1. The van der Waals surface area contributed by atoms with E-state index < -0.39 is 0 Å². The van der Waals surface area contributed by atoms with E-state index >= 15 is 0 Å². The van der Waals surface area contributed by atoms with Crippen LogP contribution in [-0.4, -0.2) is 38.7 Å². The molecule has 0 radical (unpaired) electrons. The molecule has 4 aromatic rings. The van der Waals surface area contributed by atoms with Gasteiger partial charge in [0.2, 0.25) is 5.91 Å². The van der Waals surface area contributed by atoms with Gasteiger partial charge in [0, 0.05) is 42.7 Å². The smallest absolute Gasteiger partial charge is 0.222 e. The monoisotopic (exact) mass is 573 g/mol. The van der Waals surface area contributed by atoms with Crippen LogP contribution >= 0.6 is 0 Å². The van der Waals surface area contributed by atoms with Crippen molar-refractivity contribution in [3.8, 4) is 17.1 Å². The van der Waals surface area contributed by atoms with Gasteiger partial charge in [0.15, 0.2) is 5.82 Å². The zero-order valence-electron chi connectivity index (χ0n) is 25.6. The summed E-state index contributed by atoms with van der Waals surface area (Å²) in [5.74, 6) is 2.44. The van der Waals surface area contributed by atoms with E-state index in [-0.39, 0.29) is 6.04 Å². The van der Waals surface area contributed by atoms with Crippen LogP contribution in [0.4, 0.5) is 5.69 Å². The molecule has 1 aliphatic heterocycles. The van der Waals surface area contributed by atoms with Crippen LogP contribution in [0.15, 0.2) is 66.9 Å². The molecule has 3 aliphatic rings. The highest BCUT2D eigenvalue weighted by Crippen LogP contribution is 2.41. The Hall–Kier alpha value is -3.93. The number of benzene rings is 2. The van der Waals surface area contributed by atoms with E-state index in [9.17, 15) is 4.79 Å². The first-order valence-electron chi connectivity index (χ1n) is 16.4. The fourth-order valence-electron chi connectivity index (χ4n) is 7.29. The van der Waals surface area contributed by atoms with Crippen molar-refractivity contribution >= 4 is 11.6 Å². The number of nitrogens with zero attached hydrogens (tertiary/aromatic N) is 4. The fraction of sp³-hybridized carbons (Fsp3) is 0.432. The summed E-state index contributed by atoms with van der Waals surface area (Å²) in [6.45, 7) is 6.21. The SMILES string of the molecule is CCc1cc(NC2CCc3cccc(-c4cccc(-n5nccc5CC)n4)c32)ccc1C1CCN(C(=O)CC2CC2)CC1. The van der Waals surface area contributed by atoms with Crippen molar-refractivity contribution in [2.75, 3.05) is 18.4 Å². The number of amides is 1. The number of piperidine rings is 1. The Labute approximate surface area is 255 Å². The van der Waals surface area contributed by atoms with Crippen LogP contribution in [0.5, 0.6) is 0 Å². The van der Waals surface area contributed by atoms with Gasteiger partial charge in [0.1, 0.15) is 0 Å². The van der Waals surface area contributed by atoms with E-state index in [0.717, 1.165) is 75.2 Å². The van der Waals surface area contributed by atoms with Crippen LogP contribution in [0.25, 0.3) is 17.1 Å². The molecule has 1 saturated heterocycles. The molecule has 2 fully saturated rings. The maximum absolute atomic E-state index is 12.6. The summed E-state index contributed by atoms with van der Waals surface area (Å²) in [5.41, 5.74) is 10.2. The lowest BCUT2D eigenvalue weighted by Gasteiger charge is -2.33. The first-order valence-corrected chi connectivity index (χ1v) is 16.4. The summed E-state index contributed by atoms with van der Waals surface area (Å²) in [6.07, 6.45) is 11.3. The molecule has 0 spiro atoms. The topological polar surface area (TPSA) is 63.1 Å². The second kappa shape index (κ2) is 12.0. The minimum Gasteiger partial charge on any atom is -0.378 e. The summed E-state index contributed by atoms with van der Waals surface area (Å²) in [6, 6.07) is 22.2. The standard InChI is InChI=1S/C37H43N5O/c1-3-26-24-29(14-15-31(26)27-18-21-41(22-19-27)36(43)23-25-11-12-25)39-34-16-13-28-7-5-8-32(37(28)34)33-9-6-10-35(40-33)42-30(4-2)17-20-38-42/h5-10,14-15,17,20,24-25,27,34,39H,3-4,11-13,16,18-19,21-23H2,1-2H3. The molecule has 2 aromatic carbocycles. The average Bonchev–Trinajstić information content (AvgIpc) is 3.57. The van der Waals surface area contributed by atoms with Crippen LogP contribution in [0.1, 0.15) is 92.3 Å². The van der Waals surface area contributed by atoms with E-state index in [1.807, 2.05) is 16.9 Å². The van der Waals surface area contributed by atoms with Crippen molar-refractivity contribution in [1.29, 1.82) is 0 Å². The quantitative estimate of drug-likeness (QED) is 0.223. The van der Waals surface area contributed by atoms with E-state index in [0.29, 0.717) is 17.7 Å². The molecular formula is C37H43N5O. The van der Waals surface area contributed by atoms with Gasteiger partial charge in [-0.25, -0.2) is 9.67 Å². The zero-order valence-corrected chi connectivity index (χ0v) is 25.6. The van der Waals surface area contributed by atoms with Crippen LogP contribution < -0.4 is 5.32 Å². The number of nitrogens with one attached hydrogen (secondary N) is 1. The summed E-state index contributed by atoms with van der Waals surface area (Å²) >= 11 is 0. The Kier molecular flexibility index (Phi) is 7.77. The first-order chi connectivity index (χ1) is 21.1. The summed E-state index contributed by atoms with van der Waals surface area (Å²) < 4.78 is 1.95. The third-order valence-electron chi connectivity index (χ3n) is 9.87. The van der Waals surface area contributed by atoms with Gasteiger partial charge in [0.25, 0.3) is 0 Å². The van der Waals surface area contributed by atoms with Crippen molar-refractivity contribution < 1.29 is 4.79 Å². The van der Waals surface area contributed by atoms with Gasteiger partial charge in [-0.15, -0.1) is 0 Å². The molecule has 1 unspecified atom stereocenters. The third-order valence-corrected chi connectivity index (χ3v) is 9.87. The van der Waals surface area contributed by atoms with Crippen LogP contribution in [0.3, 0.4) is 0 Å². The fourth-order valence-corrected chi connectivity index (χ4v) is 7.29. The van der Waals surface area contributed by atoms with E-state index in [1.54, 1.807) is 0 Å². The normalized spacial score (nSPS) is 18.6. The highest BCUT2D eigenvalue weighted by Gasteiger charge is 2.30. The number of hydrogen-bond acceptors (Lipinski definition) is 4. The number of fused-ring (bicyclic) bond motifs is 1. The van der Waals surface area contributed by atoms with Crippen molar-refractivity contribution in [1.82, 2.24) is 19.7 Å². The van der Waals surface area contributed by atoms with Gasteiger partial charge in [-0.05, 0) is 116 Å². The van der Waals surface area contributed by atoms with E-state index in [4.69, 9.17) is 4.98 Å². The predicted molar refractivity (Wildman–Crippen MR) is 173 cm³/mol. The Morgan fingerprint density at radius 3 is 2.56 bits per heavy atom. The number of hydrogen-bond donors (Lipinski definition) is 1. The van der Waals surface area contributed by atoms with Crippen LogP contribution in [0.2, 0.25) is 0 Å². The largest absolute Gasteiger partial charge is 0.378 e. The molecule has 0 bridgehead atoms. The highest BCUT2D eigenvalue weighted by atomic mass is 16.2. The summed E-state index contributed by atoms with van der Waals surface area (Å²) in [7, 11) is 0. The van der Waals surface area contributed by atoms with Gasteiger partial charge in [-0.1, -0.05) is 44.2 Å². The predicted octanol–water partition coefficient (Wildman–Crippen LogP) is 7.66. The summed E-state index contributed by atoms with van der Waals surface area (Å²) in [4.78, 5) is 19.8. The number of aryl methyl sites for hydroxylation is 3.